The zero-order valence-electron chi connectivity index (χ0n) is 13.8. The minimum atomic E-state index is 0.875. The third-order valence-corrected chi connectivity index (χ3v) is 3.57. The van der Waals surface area contributed by atoms with Crippen LogP contribution < -0.4 is 0 Å². The normalized spacial score (nSPS) is 10.3. The Morgan fingerprint density at radius 2 is 1.82 bits per heavy atom. The van der Waals surface area contributed by atoms with Gasteiger partial charge in [-0.25, -0.2) is 4.98 Å². The van der Waals surface area contributed by atoms with E-state index < -0.39 is 0 Å². The molecule has 0 saturated carbocycles. The molecule has 3 nitrogen and oxygen atoms in total. The van der Waals surface area contributed by atoms with Crippen LogP contribution in [0.25, 0.3) is 11.0 Å². The van der Waals surface area contributed by atoms with Crippen LogP contribution >= 0.6 is 0 Å². The fraction of sp³-hybridized carbons (Fsp3) is 0.368. The molecular formula is C19H25N3. The lowest BCUT2D eigenvalue weighted by atomic mass is 10.2. The summed E-state index contributed by atoms with van der Waals surface area (Å²) in [7, 11) is 0. The van der Waals surface area contributed by atoms with Crippen LogP contribution in [0.15, 0.2) is 48.8 Å². The molecule has 2 heterocycles. The van der Waals surface area contributed by atoms with Gasteiger partial charge in [-0.3, -0.25) is 4.98 Å². The molecular weight excluding hydrogens is 270 g/mol. The van der Waals surface area contributed by atoms with Crippen molar-refractivity contribution in [3.63, 3.8) is 0 Å². The SMILES string of the molecule is CC.CCCCc1nc2cnccc2n1Cc1ccccc1. The first-order valence-corrected chi connectivity index (χ1v) is 8.21. The van der Waals surface area contributed by atoms with E-state index in [9.17, 15) is 0 Å². The molecule has 3 rings (SSSR count). The van der Waals surface area contributed by atoms with Crippen molar-refractivity contribution in [1.29, 1.82) is 0 Å². The molecule has 0 spiro atoms. The number of rotatable bonds is 5. The van der Waals surface area contributed by atoms with E-state index in [-0.39, 0.29) is 0 Å². The van der Waals surface area contributed by atoms with E-state index in [2.05, 4.69) is 52.9 Å². The average molecular weight is 295 g/mol. The number of imidazole rings is 1. The second-order valence-electron chi connectivity index (χ2n) is 5.07. The molecule has 2 aromatic heterocycles. The van der Waals surface area contributed by atoms with Crippen molar-refractivity contribution < 1.29 is 0 Å². The van der Waals surface area contributed by atoms with Gasteiger partial charge in [0.25, 0.3) is 0 Å². The third kappa shape index (κ3) is 3.73. The van der Waals surface area contributed by atoms with E-state index in [0.717, 1.165) is 18.5 Å². The Morgan fingerprint density at radius 3 is 2.55 bits per heavy atom. The summed E-state index contributed by atoms with van der Waals surface area (Å²) in [5, 5.41) is 0. The topological polar surface area (TPSA) is 30.7 Å². The summed E-state index contributed by atoms with van der Waals surface area (Å²) < 4.78 is 2.32. The fourth-order valence-electron chi connectivity index (χ4n) is 2.50. The Kier molecular flexibility index (Phi) is 6.13. The largest absolute Gasteiger partial charge is 0.323 e. The van der Waals surface area contributed by atoms with Gasteiger partial charge < -0.3 is 4.57 Å². The minimum Gasteiger partial charge on any atom is -0.323 e. The van der Waals surface area contributed by atoms with E-state index in [0.29, 0.717) is 0 Å². The summed E-state index contributed by atoms with van der Waals surface area (Å²) in [6.45, 7) is 7.09. The highest BCUT2D eigenvalue weighted by Crippen LogP contribution is 2.18. The molecule has 116 valence electrons. The number of hydrogen-bond acceptors (Lipinski definition) is 2. The summed E-state index contributed by atoms with van der Waals surface area (Å²) in [5.41, 5.74) is 3.48. The zero-order valence-corrected chi connectivity index (χ0v) is 13.8. The first-order chi connectivity index (χ1) is 10.9. The highest BCUT2D eigenvalue weighted by Gasteiger charge is 2.10. The summed E-state index contributed by atoms with van der Waals surface area (Å²) in [5.74, 6) is 1.17. The summed E-state index contributed by atoms with van der Waals surface area (Å²) in [4.78, 5) is 8.93. The molecule has 0 bridgehead atoms. The number of aryl methyl sites for hydroxylation is 1. The van der Waals surface area contributed by atoms with Gasteiger partial charge in [0.1, 0.15) is 11.3 Å². The van der Waals surface area contributed by atoms with Crippen LogP contribution in [-0.4, -0.2) is 14.5 Å². The molecule has 0 aliphatic rings. The number of benzene rings is 1. The number of aromatic nitrogens is 3. The van der Waals surface area contributed by atoms with Crippen molar-refractivity contribution in [2.75, 3.05) is 0 Å². The van der Waals surface area contributed by atoms with Crippen LogP contribution in [0.1, 0.15) is 45.0 Å². The molecule has 0 saturated heterocycles. The molecule has 3 heteroatoms. The molecule has 0 atom stereocenters. The van der Waals surface area contributed by atoms with Crippen LogP contribution in [0.2, 0.25) is 0 Å². The Bertz CT molecular complexity index is 686. The summed E-state index contributed by atoms with van der Waals surface area (Å²) in [6, 6.07) is 12.6. The van der Waals surface area contributed by atoms with Crippen molar-refractivity contribution in [1.82, 2.24) is 14.5 Å². The van der Waals surface area contributed by atoms with Gasteiger partial charge in [-0.1, -0.05) is 57.5 Å². The molecule has 22 heavy (non-hydrogen) atoms. The van der Waals surface area contributed by atoms with Gasteiger partial charge in [-0.2, -0.15) is 0 Å². The standard InChI is InChI=1S/C17H19N3.C2H6/c1-2-3-9-17-19-15-12-18-11-10-16(15)20(17)13-14-7-5-4-6-8-14;1-2/h4-8,10-12H,2-3,9,13H2,1H3;1-2H3. The van der Waals surface area contributed by atoms with Crippen LogP contribution in [0, 0.1) is 0 Å². The predicted octanol–water partition coefficient (Wildman–Crippen LogP) is 4.85. The van der Waals surface area contributed by atoms with Gasteiger partial charge in [0, 0.05) is 19.2 Å². The first kappa shape index (κ1) is 16.2. The van der Waals surface area contributed by atoms with Crippen LogP contribution in [-0.2, 0) is 13.0 Å². The van der Waals surface area contributed by atoms with E-state index in [4.69, 9.17) is 4.98 Å². The maximum Gasteiger partial charge on any atom is 0.110 e. The number of pyridine rings is 1. The van der Waals surface area contributed by atoms with Gasteiger partial charge in [-0.05, 0) is 18.1 Å². The molecule has 1 aromatic carbocycles. The third-order valence-electron chi connectivity index (χ3n) is 3.57. The minimum absolute atomic E-state index is 0.875. The Hall–Kier alpha value is -2.16. The molecule has 0 fully saturated rings. The zero-order chi connectivity index (χ0) is 15.8. The van der Waals surface area contributed by atoms with E-state index in [1.54, 1.807) is 0 Å². The molecule has 0 aliphatic heterocycles. The van der Waals surface area contributed by atoms with Gasteiger partial charge in [0.2, 0.25) is 0 Å². The van der Waals surface area contributed by atoms with Gasteiger partial charge in [0.05, 0.1) is 11.7 Å². The van der Waals surface area contributed by atoms with Crippen molar-refractivity contribution in [2.45, 2.75) is 46.6 Å². The highest BCUT2D eigenvalue weighted by molar-refractivity contribution is 5.74. The summed E-state index contributed by atoms with van der Waals surface area (Å²) in [6.07, 6.45) is 7.08. The quantitative estimate of drug-likeness (QED) is 0.673. The lowest BCUT2D eigenvalue weighted by molar-refractivity contribution is 0.690. The van der Waals surface area contributed by atoms with E-state index in [1.807, 2.05) is 26.2 Å². The molecule has 3 aromatic rings. The smallest absolute Gasteiger partial charge is 0.110 e. The number of unbranched alkanes of at least 4 members (excludes halogenated alkanes) is 1. The average Bonchev–Trinajstić information content (AvgIpc) is 2.93. The fourth-order valence-corrected chi connectivity index (χ4v) is 2.50. The molecule has 0 N–H and O–H groups in total. The van der Waals surface area contributed by atoms with Crippen molar-refractivity contribution >= 4 is 11.0 Å². The lowest BCUT2D eigenvalue weighted by Gasteiger charge is -2.09. The Balaban J connectivity index is 0.000000847. The molecule has 0 radical (unpaired) electrons. The maximum atomic E-state index is 4.75. The Labute approximate surface area is 133 Å². The second-order valence-corrected chi connectivity index (χ2v) is 5.07. The molecule has 0 unspecified atom stereocenters. The van der Waals surface area contributed by atoms with Crippen LogP contribution in [0.5, 0.6) is 0 Å². The maximum absolute atomic E-state index is 4.75. The highest BCUT2D eigenvalue weighted by atomic mass is 15.1. The predicted molar refractivity (Wildman–Crippen MR) is 93.0 cm³/mol. The van der Waals surface area contributed by atoms with Gasteiger partial charge in [-0.15, -0.1) is 0 Å². The van der Waals surface area contributed by atoms with Crippen LogP contribution in [0.3, 0.4) is 0 Å². The van der Waals surface area contributed by atoms with Crippen molar-refractivity contribution in [3.05, 3.63) is 60.2 Å². The number of fused-ring (bicyclic) bond motifs is 1. The second kappa shape index (κ2) is 8.32. The molecule has 0 aliphatic carbocycles. The van der Waals surface area contributed by atoms with Gasteiger partial charge >= 0.3 is 0 Å². The number of nitrogens with zero attached hydrogens (tertiary/aromatic N) is 3. The van der Waals surface area contributed by atoms with Crippen molar-refractivity contribution in [3.8, 4) is 0 Å². The van der Waals surface area contributed by atoms with Gasteiger partial charge in [0.15, 0.2) is 0 Å². The Morgan fingerprint density at radius 1 is 1.05 bits per heavy atom. The molecule has 0 amide bonds. The van der Waals surface area contributed by atoms with E-state index >= 15 is 0 Å². The van der Waals surface area contributed by atoms with Crippen LogP contribution in [0.4, 0.5) is 0 Å². The lowest BCUT2D eigenvalue weighted by Crippen LogP contribution is -2.05. The summed E-state index contributed by atoms with van der Waals surface area (Å²) >= 11 is 0. The number of hydrogen-bond donors (Lipinski definition) is 0. The van der Waals surface area contributed by atoms with Crippen molar-refractivity contribution in [2.24, 2.45) is 0 Å². The van der Waals surface area contributed by atoms with E-state index in [1.165, 1.54) is 29.7 Å². The first-order valence-electron chi connectivity index (χ1n) is 8.21. The monoisotopic (exact) mass is 295 g/mol.